The molecule has 0 bridgehead atoms. The highest BCUT2D eigenvalue weighted by molar-refractivity contribution is 9.10. The van der Waals surface area contributed by atoms with E-state index in [1.54, 1.807) is 7.11 Å². The van der Waals surface area contributed by atoms with Gasteiger partial charge in [-0.25, -0.2) is 0 Å². The molecule has 0 radical (unpaired) electrons. The lowest BCUT2D eigenvalue weighted by molar-refractivity contribution is -0.128. The van der Waals surface area contributed by atoms with Gasteiger partial charge in [0.1, 0.15) is 0 Å². The summed E-state index contributed by atoms with van der Waals surface area (Å²) in [7, 11) is 1.74. The lowest BCUT2D eigenvalue weighted by atomic mass is 9.97. The fourth-order valence-electron chi connectivity index (χ4n) is 3.67. The molecular formula is C18H26BrN3O2. The van der Waals surface area contributed by atoms with Crippen LogP contribution in [0.25, 0.3) is 0 Å². The van der Waals surface area contributed by atoms with Crippen LogP contribution >= 0.6 is 15.9 Å². The van der Waals surface area contributed by atoms with Crippen LogP contribution in [0.2, 0.25) is 0 Å². The first-order chi connectivity index (χ1) is 11.5. The lowest BCUT2D eigenvalue weighted by Gasteiger charge is -2.42. The van der Waals surface area contributed by atoms with Crippen LogP contribution in [-0.2, 0) is 9.53 Å². The standard InChI is InChI=1S/C18H26BrN3O2/c1-18(21-11-9-20(10-12-21)13-14-24-2)7-8-22(17(18)23)16-5-3-15(19)4-6-16/h3-6H,7-14H2,1-2H3. The summed E-state index contributed by atoms with van der Waals surface area (Å²) in [6.45, 7) is 8.54. The van der Waals surface area contributed by atoms with Crippen molar-refractivity contribution in [2.45, 2.75) is 18.9 Å². The number of carbonyl (C=O) groups excluding carboxylic acids is 1. The van der Waals surface area contributed by atoms with Gasteiger partial charge in [0.15, 0.2) is 0 Å². The first-order valence-electron chi connectivity index (χ1n) is 8.58. The number of hydrogen-bond acceptors (Lipinski definition) is 4. The number of benzene rings is 1. The molecule has 6 heteroatoms. The normalized spacial score (nSPS) is 26.3. The van der Waals surface area contributed by atoms with Crippen molar-refractivity contribution in [2.75, 3.05) is 57.9 Å². The van der Waals surface area contributed by atoms with Gasteiger partial charge < -0.3 is 9.64 Å². The molecule has 2 saturated heterocycles. The highest BCUT2D eigenvalue weighted by atomic mass is 79.9. The van der Waals surface area contributed by atoms with Gasteiger partial charge in [0, 0.05) is 56.5 Å². The van der Waals surface area contributed by atoms with Gasteiger partial charge in [-0.2, -0.15) is 0 Å². The Bertz CT molecular complexity index is 572. The summed E-state index contributed by atoms with van der Waals surface area (Å²) in [5, 5.41) is 0. The van der Waals surface area contributed by atoms with Gasteiger partial charge in [-0.1, -0.05) is 15.9 Å². The number of hydrogen-bond donors (Lipinski definition) is 0. The van der Waals surface area contributed by atoms with E-state index in [9.17, 15) is 4.79 Å². The molecule has 24 heavy (non-hydrogen) atoms. The van der Waals surface area contributed by atoms with Crippen molar-refractivity contribution in [3.8, 4) is 0 Å². The Morgan fingerprint density at radius 1 is 1.12 bits per heavy atom. The Kier molecular flexibility index (Phi) is 5.59. The number of piperazine rings is 1. The van der Waals surface area contributed by atoms with E-state index in [1.807, 2.05) is 29.2 Å². The minimum atomic E-state index is -0.375. The Labute approximate surface area is 152 Å². The largest absolute Gasteiger partial charge is 0.383 e. The Morgan fingerprint density at radius 3 is 2.42 bits per heavy atom. The molecule has 0 spiro atoms. The molecule has 2 fully saturated rings. The molecule has 1 aromatic carbocycles. The summed E-state index contributed by atoms with van der Waals surface area (Å²) < 4.78 is 6.20. The Balaban J connectivity index is 1.64. The first kappa shape index (κ1) is 17.9. The molecule has 0 aliphatic carbocycles. The molecular weight excluding hydrogens is 370 g/mol. The van der Waals surface area contributed by atoms with Gasteiger partial charge in [-0.15, -0.1) is 0 Å². The first-order valence-corrected chi connectivity index (χ1v) is 9.38. The van der Waals surface area contributed by atoms with Gasteiger partial charge >= 0.3 is 0 Å². The molecule has 2 aliphatic heterocycles. The van der Waals surface area contributed by atoms with Crippen LogP contribution in [0.15, 0.2) is 28.7 Å². The maximum absolute atomic E-state index is 13.1. The third-order valence-corrected chi connectivity index (χ3v) is 5.88. The van der Waals surface area contributed by atoms with Gasteiger partial charge in [0.25, 0.3) is 0 Å². The van der Waals surface area contributed by atoms with Gasteiger partial charge in [0.2, 0.25) is 5.91 Å². The Morgan fingerprint density at radius 2 is 1.79 bits per heavy atom. The van der Waals surface area contributed by atoms with Crippen molar-refractivity contribution in [3.05, 3.63) is 28.7 Å². The number of halogens is 1. The number of nitrogens with zero attached hydrogens (tertiary/aromatic N) is 3. The average Bonchev–Trinajstić information content (AvgIpc) is 2.91. The monoisotopic (exact) mass is 395 g/mol. The molecule has 0 saturated carbocycles. The van der Waals surface area contributed by atoms with Crippen molar-refractivity contribution >= 4 is 27.5 Å². The molecule has 2 aliphatic rings. The quantitative estimate of drug-likeness (QED) is 0.765. The summed E-state index contributed by atoms with van der Waals surface area (Å²) in [6.07, 6.45) is 0.889. The van der Waals surface area contributed by atoms with Crippen molar-refractivity contribution in [1.29, 1.82) is 0 Å². The average molecular weight is 396 g/mol. The molecule has 1 atom stereocenters. The van der Waals surface area contributed by atoms with Crippen LogP contribution in [0.1, 0.15) is 13.3 Å². The minimum absolute atomic E-state index is 0.232. The van der Waals surface area contributed by atoms with Crippen LogP contribution in [0.3, 0.4) is 0 Å². The van der Waals surface area contributed by atoms with E-state index in [4.69, 9.17) is 4.74 Å². The van der Waals surface area contributed by atoms with E-state index in [0.29, 0.717) is 0 Å². The van der Waals surface area contributed by atoms with Gasteiger partial charge in [0.05, 0.1) is 12.1 Å². The SMILES string of the molecule is COCCN1CCN(C2(C)CCN(c3ccc(Br)cc3)C2=O)CC1. The van der Waals surface area contributed by atoms with Crippen molar-refractivity contribution in [2.24, 2.45) is 0 Å². The zero-order valence-corrected chi connectivity index (χ0v) is 16.1. The summed E-state index contributed by atoms with van der Waals surface area (Å²) in [5.41, 5.74) is 0.617. The van der Waals surface area contributed by atoms with Crippen molar-refractivity contribution < 1.29 is 9.53 Å². The predicted octanol–water partition coefficient (Wildman–Crippen LogP) is 2.21. The number of amides is 1. The second kappa shape index (κ2) is 7.52. The lowest BCUT2D eigenvalue weighted by Crippen LogP contribution is -2.59. The van der Waals surface area contributed by atoms with Gasteiger partial charge in [-0.3, -0.25) is 14.6 Å². The topological polar surface area (TPSA) is 36.0 Å². The summed E-state index contributed by atoms with van der Waals surface area (Å²) in [6, 6.07) is 8.01. The number of rotatable bonds is 5. The molecule has 1 aromatic rings. The zero-order chi connectivity index (χ0) is 17.2. The maximum atomic E-state index is 13.1. The second-order valence-electron chi connectivity index (χ2n) is 6.78. The number of methoxy groups -OCH3 is 1. The van der Waals surface area contributed by atoms with Crippen molar-refractivity contribution in [3.63, 3.8) is 0 Å². The molecule has 0 aromatic heterocycles. The molecule has 5 nitrogen and oxygen atoms in total. The zero-order valence-electron chi connectivity index (χ0n) is 14.5. The van der Waals surface area contributed by atoms with Crippen LogP contribution in [0.5, 0.6) is 0 Å². The molecule has 0 N–H and O–H groups in total. The van der Waals surface area contributed by atoms with Crippen LogP contribution in [0, 0.1) is 0 Å². The summed E-state index contributed by atoms with van der Waals surface area (Å²) in [5.74, 6) is 0.232. The predicted molar refractivity (Wildman–Crippen MR) is 99.4 cm³/mol. The molecule has 1 unspecified atom stereocenters. The number of ether oxygens (including phenoxy) is 1. The van der Waals surface area contributed by atoms with E-state index in [1.165, 1.54) is 0 Å². The summed E-state index contributed by atoms with van der Waals surface area (Å²) >= 11 is 3.45. The van der Waals surface area contributed by atoms with Crippen LogP contribution in [0.4, 0.5) is 5.69 Å². The van der Waals surface area contributed by atoms with E-state index < -0.39 is 0 Å². The molecule has 1 amide bonds. The van der Waals surface area contributed by atoms with Gasteiger partial charge in [-0.05, 0) is 37.6 Å². The van der Waals surface area contributed by atoms with Crippen LogP contribution < -0.4 is 4.90 Å². The van der Waals surface area contributed by atoms with E-state index in [0.717, 1.165) is 62.5 Å². The van der Waals surface area contributed by atoms with Crippen LogP contribution in [-0.4, -0.2) is 74.2 Å². The fraction of sp³-hybridized carbons (Fsp3) is 0.611. The third-order valence-electron chi connectivity index (χ3n) is 5.35. The van der Waals surface area contributed by atoms with E-state index in [-0.39, 0.29) is 11.4 Å². The maximum Gasteiger partial charge on any atom is 0.247 e. The highest BCUT2D eigenvalue weighted by Crippen LogP contribution is 2.33. The summed E-state index contributed by atoms with van der Waals surface area (Å²) in [4.78, 5) is 19.8. The molecule has 3 rings (SSSR count). The highest BCUT2D eigenvalue weighted by Gasteiger charge is 2.48. The number of anilines is 1. The number of carbonyl (C=O) groups is 1. The molecule has 2 heterocycles. The fourth-order valence-corrected chi connectivity index (χ4v) is 3.94. The smallest absolute Gasteiger partial charge is 0.247 e. The van der Waals surface area contributed by atoms with Crippen molar-refractivity contribution in [1.82, 2.24) is 9.80 Å². The second-order valence-corrected chi connectivity index (χ2v) is 7.69. The third kappa shape index (κ3) is 3.52. The van der Waals surface area contributed by atoms with E-state index in [2.05, 4.69) is 32.7 Å². The van der Waals surface area contributed by atoms with E-state index >= 15 is 0 Å². The molecule has 132 valence electrons. The minimum Gasteiger partial charge on any atom is -0.383 e. The Hall–Kier alpha value is -0.950.